The van der Waals surface area contributed by atoms with Crippen molar-refractivity contribution in [1.29, 1.82) is 0 Å². The lowest BCUT2D eigenvalue weighted by molar-refractivity contribution is -0.180. The summed E-state index contributed by atoms with van der Waals surface area (Å²) in [7, 11) is 0. The van der Waals surface area contributed by atoms with Gasteiger partial charge in [-0.15, -0.1) is 0 Å². The molecule has 4 nitrogen and oxygen atoms in total. The summed E-state index contributed by atoms with van der Waals surface area (Å²) < 4.78 is 45.0. The summed E-state index contributed by atoms with van der Waals surface area (Å²) in [5, 5.41) is 10.9. The first kappa shape index (κ1) is 18.4. The van der Waals surface area contributed by atoms with Crippen LogP contribution in [-0.4, -0.2) is 30.0 Å². The minimum Gasteiger partial charge on any atom is -0.491 e. The molecule has 0 radical (unpaired) electrons. The lowest BCUT2D eigenvalue weighted by atomic mass is 9.83. The van der Waals surface area contributed by atoms with E-state index in [1.807, 2.05) is 0 Å². The van der Waals surface area contributed by atoms with Gasteiger partial charge in [-0.1, -0.05) is 11.6 Å². The Balaban J connectivity index is 3.04. The fourth-order valence-electron chi connectivity index (χ4n) is 1.74. The van der Waals surface area contributed by atoms with Crippen molar-refractivity contribution in [3.8, 4) is 5.75 Å². The minimum atomic E-state index is -4.49. The zero-order chi connectivity index (χ0) is 17.1. The zero-order valence-corrected chi connectivity index (χ0v) is 13.0. The molecular formula is C14H17ClF3NO3. The second kappa shape index (κ2) is 6.64. The van der Waals surface area contributed by atoms with Crippen LogP contribution >= 0.6 is 11.6 Å². The lowest BCUT2D eigenvalue weighted by Gasteiger charge is -2.30. The molecule has 1 rings (SSSR count). The molecule has 0 spiro atoms. The minimum absolute atomic E-state index is 0.0192. The second-order valence-electron chi connectivity index (χ2n) is 5.42. The molecule has 0 aliphatic rings. The number of alkyl halides is 3. The van der Waals surface area contributed by atoms with Crippen molar-refractivity contribution in [3.05, 3.63) is 28.8 Å². The van der Waals surface area contributed by atoms with Crippen molar-refractivity contribution in [3.63, 3.8) is 0 Å². The van der Waals surface area contributed by atoms with Gasteiger partial charge in [0.05, 0.1) is 11.5 Å². The molecule has 2 N–H and O–H groups in total. The predicted octanol–water partition coefficient (Wildman–Crippen LogP) is 4.21. The summed E-state index contributed by atoms with van der Waals surface area (Å²) >= 11 is 5.79. The molecule has 1 amide bonds. The van der Waals surface area contributed by atoms with Crippen molar-refractivity contribution >= 4 is 17.7 Å². The van der Waals surface area contributed by atoms with Crippen molar-refractivity contribution in [2.75, 3.05) is 6.61 Å². The number of hydrogen-bond donors (Lipinski definition) is 2. The Morgan fingerprint density at radius 2 is 2.00 bits per heavy atom. The molecule has 0 saturated carbocycles. The molecule has 0 fully saturated rings. The van der Waals surface area contributed by atoms with E-state index in [2.05, 4.69) is 5.32 Å². The Morgan fingerprint density at radius 3 is 2.50 bits per heavy atom. The molecule has 0 bridgehead atoms. The van der Waals surface area contributed by atoms with Gasteiger partial charge in [-0.05, 0) is 39.0 Å². The van der Waals surface area contributed by atoms with Gasteiger partial charge in [0, 0.05) is 10.6 Å². The van der Waals surface area contributed by atoms with Crippen LogP contribution in [0.3, 0.4) is 0 Å². The first-order chi connectivity index (χ1) is 9.95. The third-order valence-corrected chi connectivity index (χ3v) is 3.42. The van der Waals surface area contributed by atoms with Crippen LogP contribution in [0.5, 0.6) is 5.75 Å². The highest BCUT2D eigenvalue weighted by Crippen LogP contribution is 2.44. The number of rotatable bonds is 5. The molecule has 124 valence electrons. The SMILES string of the molecule is C[C@@H](COc1ccc(Cl)cc1C(C)(C)C(F)(F)F)NC(=O)O. The summed E-state index contributed by atoms with van der Waals surface area (Å²) in [5.74, 6) is 0.0192. The van der Waals surface area contributed by atoms with E-state index in [9.17, 15) is 18.0 Å². The van der Waals surface area contributed by atoms with E-state index in [1.165, 1.54) is 18.2 Å². The predicted molar refractivity (Wildman–Crippen MR) is 76.7 cm³/mol. The smallest absolute Gasteiger partial charge is 0.404 e. The maximum absolute atomic E-state index is 13.2. The third-order valence-electron chi connectivity index (χ3n) is 3.18. The molecule has 8 heteroatoms. The normalized spacial score (nSPS) is 13.6. The van der Waals surface area contributed by atoms with E-state index < -0.39 is 23.7 Å². The van der Waals surface area contributed by atoms with Crippen molar-refractivity contribution in [2.24, 2.45) is 0 Å². The maximum atomic E-state index is 13.2. The van der Waals surface area contributed by atoms with Gasteiger partial charge < -0.3 is 15.2 Å². The van der Waals surface area contributed by atoms with Gasteiger partial charge in [-0.2, -0.15) is 13.2 Å². The molecule has 1 atom stereocenters. The van der Waals surface area contributed by atoms with Crippen LogP contribution in [0.25, 0.3) is 0 Å². The highest BCUT2D eigenvalue weighted by molar-refractivity contribution is 6.30. The van der Waals surface area contributed by atoms with E-state index >= 15 is 0 Å². The molecule has 0 heterocycles. The highest BCUT2D eigenvalue weighted by Gasteiger charge is 2.50. The van der Waals surface area contributed by atoms with E-state index in [0.29, 0.717) is 0 Å². The van der Waals surface area contributed by atoms with E-state index in [4.69, 9.17) is 21.4 Å². The highest BCUT2D eigenvalue weighted by atomic mass is 35.5. The van der Waals surface area contributed by atoms with Crippen molar-refractivity contribution in [2.45, 2.75) is 38.4 Å². The molecule has 0 aliphatic carbocycles. The summed E-state index contributed by atoms with van der Waals surface area (Å²) in [4.78, 5) is 10.5. The molecule has 0 unspecified atom stereocenters. The second-order valence-corrected chi connectivity index (χ2v) is 5.86. The number of nitrogens with one attached hydrogen (secondary N) is 1. The summed E-state index contributed by atoms with van der Waals surface area (Å²) in [6.07, 6.45) is -5.72. The summed E-state index contributed by atoms with van der Waals surface area (Å²) in [6.45, 7) is 3.50. The fourth-order valence-corrected chi connectivity index (χ4v) is 1.91. The molecule has 1 aromatic carbocycles. The number of carbonyl (C=O) groups is 1. The first-order valence-electron chi connectivity index (χ1n) is 6.44. The van der Waals surface area contributed by atoms with Crippen molar-refractivity contribution in [1.82, 2.24) is 5.32 Å². The fraction of sp³-hybridized carbons (Fsp3) is 0.500. The number of ether oxygens (including phenoxy) is 1. The summed E-state index contributed by atoms with van der Waals surface area (Å²) in [6, 6.07) is 3.40. The Bertz CT molecular complexity index is 547. The Kier molecular flexibility index (Phi) is 5.56. The molecular weight excluding hydrogens is 323 g/mol. The van der Waals surface area contributed by atoms with Crippen LogP contribution in [0.1, 0.15) is 26.3 Å². The Hall–Kier alpha value is -1.63. The third kappa shape index (κ3) is 4.43. The van der Waals surface area contributed by atoms with E-state index in [0.717, 1.165) is 13.8 Å². The van der Waals surface area contributed by atoms with Crippen LogP contribution in [-0.2, 0) is 5.41 Å². The van der Waals surface area contributed by atoms with Crippen LogP contribution < -0.4 is 10.1 Å². The topological polar surface area (TPSA) is 58.6 Å². The molecule has 0 aliphatic heterocycles. The number of amides is 1. The molecule has 22 heavy (non-hydrogen) atoms. The Labute approximate surface area is 131 Å². The average Bonchev–Trinajstić information content (AvgIpc) is 2.35. The largest absolute Gasteiger partial charge is 0.491 e. The molecule has 1 aromatic rings. The monoisotopic (exact) mass is 339 g/mol. The van der Waals surface area contributed by atoms with Gasteiger partial charge in [0.1, 0.15) is 12.4 Å². The summed E-state index contributed by atoms with van der Waals surface area (Å²) in [5.41, 5.74) is -2.26. The van der Waals surface area contributed by atoms with Gasteiger partial charge in [-0.3, -0.25) is 0 Å². The standard InChI is InChI=1S/C14H17ClF3NO3/c1-8(19-12(20)21)7-22-11-5-4-9(15)6-10(11)13(2,3)14(16,17)18/h4-6,8,19H,7H2,1-3H3,(H,20,21)/t8-/m0/s1. The first-order valence-corrected chi connectivity index (χ1v) is 6.82. The number of halogens is 4. The van der Waals surface area contributed by atoms with Crippen LogP contribution in [0.4, 0.5) is 18.0 Å². The maximum Gasteiger partial charge on any atom is 0.404 e. The van der Waals surface area contributed by atoms with Gasteiger partial charge in [0.15, 0.2) is 0 Å². The average molecular weight is 340 g/mol. The zero-order valence-electron chi connectivity index (χ0n) is 12.3. The van der Waals surface area contributed by atoms with Gasteiger partial charge in [0.25, 0.3) is 0 Å². The number of hydrogen-bond acceptors (Lipinski definition) is 2. The van der Waals surface area contributed by atoms with E-state index in [-0.39, 0.29) is 22.9 Å². The van der Waals surface area contributed by atoms with Crippen LogP contribution in [0.15, 0.2) is 18.2 Å². The van der Waals surface area contributed by atoms with Crippen LogP contribution in [0.2, 0.25) is 5.02 Å². The van der Waals surface area contributed by atoms with E-state index in [1.54, 1.807) is 6.92 Å². The van der Waals surface area contributed by atoms with Gasteiger partial charge >= 0.3 is 12.3 Å². The molecule has 0 aromatic heterocycles. The van der Waals surface area contributed by atoms with Gasteiger partial charge in [0.2, 0.25) is 0 Å². The number of carboxylic acid groups (broad SMARTS) is 1. The van der Waals surface area contributed by atoms with Gasteiger partial charge in [-0.25, -0.2) is 4.79 Å². The van der Waals surface area contributed by atoms with Crippen LogP contribution in [0, 0.1) is 0 Å². The number of benzene rings is 1. The Morgan fingerprint density at radius 1 is 1.41 bits per heavy atom. The quantitative estimate of drug-likeness (QED) is 0.844. The molecule has 0 saturated heterocycles. The van der Waals surface area contributed by atoms with Crippen molar-refractivity contribution < 1.29 is 27.8 Å². The lowest BCUT2D eigenvalue weighted by Crippen LogP contribution is -2.38.